The molecular weight excluding hydrogens is 301 g/mol. The molecule has 6 nitrogen and oxygen atoms in total. The average molecular weight is 321 g/mol. The number of rotatable bonds is 7. The second kappa shape index (κ2) is 6.76. The van der Waals surface area contributed by atoms with Crippen molar-refractivity contribution in [3.63, 3.8) is 0 Å². The molecule has 1 aliphatic rings. The first-order valence-corrected chi connectivity index (χ1v) is 7.59. The van der Waals surface area contributed by atoms with Gasteiger partial charge in [-0.3, -0.25) is 14.5 Å². The minimum absolute atomic E-state index is 0.0604. The number of primary amides is 1. The normalized spacial score (nSPS) is 20.7. The molecule has 0 unspecified atom stereocenters. The van der Waals surface area contributed by atoms with Crippen LogP contribution in [-0.4, -0.2) is 29.3 Å². The van der Waals surface area contributed by atoms with Gasteiger partial charge >= 0.3 is 6.03 Å². The molecule has 7 heteroatoms. The largest absolute Gasteiger partial charge is 0.370 e. The van der Waals surface area contributed by atoms with Gasteiger partial charge in [0, 0.05) is 13.0 Å². The molecule has 1 aromatic carbocycles. The third-order valence-corrected chi connectivity index (χ3v) is 4.00. The van der Waals surface area contributed by atoms with Gasteiger partial charge in [0.15, 0.2) is 0 Å². The average Bonchev–Trinajstić information content (AvgIpc) is 2.75. The molecule has 0 radical (unpaired) electrons. The van der Waals surface area contributed by atoms with Crippen LogP contribution in [0.4, 0.5) is 9.18 Å². The number of hydrogen-bond donors (Lipinski definition) is 2. The number of imide groups is 1. The van der Waals surface area contributed by atoms with E-state index in [0.717, 1.165) is 11.3 Å². The number of urea groups is 1. The second-order valence-corrected chi connectivity index (χ2v) is 5.62. The summed E-state index contributed by atoms with van der Waals surface area (Å²) in [5.41, 5.74) is 4.41. The zero-order valence-corrected chi connectivity index (χ0v) is 13.0. The highest BCUT2D eigenvalue weighted by molar-refractivity contribution is 6.07. The molecule has 0 bridgehead atoms. The van der Waals surface area contributed by atoms with E-state index in [1.165, 1.54) is 24.3 Å². The molecule has 1 atom stereocenters. The van der Waals surface area contributed by atoms with Crippen molar-refractivity contribution >= 4 is 17.8 Å². The summed E-state index contributed by atoms with van der Waals surface area (Å²) in [6.07, 6.45) is 1.87. The fourth-order valence-corrected chi connectivity index (χ4v) is 2.74. The van der Waals surface area contributed by atoms with E-state index in [0.29, 0.717) is 18.4 Å². The third kappa shape index (κ3) is 3.33. The van der Waals surface area contributed by atoms with Gasteiger partial charge < -0.3 is 11.1 Å². The van der Waals surface area contributed by atoms with Crippen molar-refractivity contribution in [2.45, 2.75) is 38.1 Å². The number of carbonyl (C=O) groups is 3. The SMILES string of the molecule is CCCC[C@@]1(c2ccc(F)cc2)NC(=O)N(CCC(N)=O)C1=O. The number of nitrogens with two attached hydrogens (primary N) is 1. The minimum atomic E-state index is -1.21. The van der Waals surface area contributed by atoms with Gasteiger partial charge in [0.25, 0.3) is 5.91 Å². The third-order valence-electron chi connectivity index (χ3n) is 4.00. The van der Waals surface area contributed by atoms with Crippen molar-refractivity contribution in [1.82, 2.24) is 10.2 Å². The lowest BCUT2D eigenvalue weighted by molar-refractivity contribution is -0.132. The Hall–Kier alpha value is -2.44. The Labute approximate surface area is 133 Å². The number of unbranched alkanes of at least 4 members (excludes halogenated alkanes) is 1. The van der Waals surface area contributed by atoms with Gasteiger partial charge in [-0.05, 0) is 24.1 Å². The Morgan fingerprint density at radius 2 is 1.96 bits per heavy atom. The van der Waals surface area contributed by atoms with E-state index in [-0.39, 0.29) is 13.0 Å². The smallest absolute Gasteiger partial charge is 0.325 e. The Bertz CT molecular complexity index is 618. The van der Waals surface area contributed by atoms with Crippen LogP contribution in [0.15, 0.2) is 24.3 Å². The molecule has 2 rings (SSSR count). The van der Waals surface area contributed by atoms with Crippen LogP contribution >= 0.6 is 0 Å². The van der Waals surface area contributed by atoms with Crippen molar-refractivity contribution in [2.24, 2.45) is 5.73 Å². The first kappa shape index (κ1) is 16.9. The summed E-state index contributed by atoms with van der Waals surface area (Å²) in [5.74, 6) is -1.43. The molecule has 4 amide bonds. The lowest BCUT2D eigenvalue weighted by Crippen LogP contribution is -2.44. The first-order valence-electron chi connectivity index (χ1n) is 7.59. The van der Waals surface area contributed by atoms with E-state index in [1.807, 2.05) is 6.92 Å². The van der Waals surface area contributed by atoms with E-state index in [4.69, 9.17) is 5.73 Å². The number of halogens is 1. The molecule has 0 aromatic heterocycles. The first-order chi connectivity index (χ1) is 10.9. The Balaban J connectivity index is 2.35. The van der Waals surface area contributed by atoms with Crippen LogP contribution < -0.4 is 11.1 Å². The number of benzene rings is 1. The molecule has 0 spiro atoms. The van der Waals surface area contributed by atoms with Gasteiger partial charge in [0.05, 0.1) is 0 Å². The fraction of sp³-hybridized carbons (Fsp3) is 0.438. The summed E-state index contributed by atoms with van der Waals surface area (Å²) in [5, 5.41) is 2.72. The second-order valence-electron chi connectivity index (χ2n) is 5.62. The van der Waals surface area contributed by atoms with E-state index < -0.39 is 29.2 Å². The van der Waals surface area contributed by atoms with Crippen molar-refractivity contribution in [3.8, 4) is 0 Å². The van der Waals surface area contributed by atoms with Crippen LogP contribution in [0.3, 0.4) is 0 Å². The summed E-state index contributed by atoms with van der Waals surface area (Å²) >= 11 is 0. The van der Waals surface area contributed by atoms with Crippen molar-refractivity contribution in [1.29, 1.82) is 0 Å². The topological polar surface area (TPSA) is 92.5 Å². The van der Waals surface area contributed by atoms with Crippen LogP contribution in [0.25, 0.3) is 0 Å². The highest BCUT2D eigenvalue weighted by Gasteiger charge is 2.51. The van der Waals surface area contributed by atoms with Gasteiger partial charge in [-0.2, -0.15) is 0 Å². The summed E-state index contributed by atoms with van der Waals surface area (Å²) in [6.45, 7) is 1.92. The van der Waals surface area contributed by atoms with E-state index >= 15 is 0 Å². The summed E-state index contributed by atoms with van der Waals surface area (Å²) in [6, 6.07) is 4.96. The summed E-state index contributed by atoms with van der Waals surface area (Å²) in [4.78, 5) is 36.9. The molecular formula is C16H20FN3O3. The predicted octanol–water partition coefficient (Wildman–Crippen LogP) is 1.64. The molecule has 0 aliphatic carbocycles. The highest BCUT2D eigenvalue weighted by atomic mass is 19.1. The number of hydrogen-bond acceptors (Lipinski definition) is 3. The Morgan fingerprint density at radius 3 is 2.52 bits per heavy atom. The highest BCUT2D eigenvalue weighted by Crippen LogP contribution is 2.34. The lowest BCUT2D eigenvalue weighted by atomic mass is 9.84. The summed E-state index contributed by atoms with van der Waals surface area (Å²) in [7, 11) is 0. The Morgan fingerprint density at radius 1 is 1.30 bits per heavy atom. The van der Waals surface area contributed by atoms with Crippen molar-refractivity contribution in [2.75, 3.05) is 6.54 Å². The van der Waals surface area contributed by atoms with Crippen LogP contribution in [0.1, 0.15) is 38.2 Å². The van der Waals surface area contributed by atoms with Crippen molar-refractivity contribution in [3.05, 3.63) is 35.6 Å². The van der Waals surface area contributed by atoms with Gasteiger partial charge in [0.1, 0.15) is 11.4 Å². The maximum atomic E-state index is 13.2. The quantitative estimate of drug-likeness (QED) is 0.748. The molecule has 23 heavy (non-hydrogen) atoms. The molecule has 1 saturated heterocycles. The van der Waals surface area contributed by atoms with Gasteiger partial charge in [-0.25, -0.2) is 9.18 Å². The van der Waals surface area contributed by atoms with Crippen LogP contribution in [-0.2, 0) is 15.1 Å². The minimum Gasteiger partial charge on any atom is -0.370 e. The standard InChI is InChI=1S/C16H20FN3O3/c1-2-3-9-16(11-4-6-12(17)7-5-11)14(22)20(15(23)19-16)10-8-13(18)21/h4-7H,2-3,8-10H2,1H3,(H2,18,21)(H,19,23)/t16-/m0/s1. The molecule has 124 valence electrons. The number of nitrogens with one attached hydrogen (secondary N) is 1. The molecule has 1 heterocycles. The fourth-order valence-electron chi connectivity index (χ4n) is 2.74. The predicted molar refractivity (Wildman–Crippen MR) is 81.7 cm³/mol. The Kier molecular flexibility index (Phi) is 4.98. The summed E-state index contributed by atoms with van der Waals surface area (Å²) < 4.78 is 13.2. The molecule has 1 aromatic rings. The maximum Gasteiger partial charge on any atom is 0.325 e. The molecule has 0 saturated carbocycles. The monoisotopic (exact) mass is 321 g/mol. The van der Waals surface area contributed by atoms with Crippen LogP contribution in [0.2, 0.25) is 0 Å². The van der Waals surface area contributed by atoms with Crippen LogP contribution in [0.5, 0.6) is 0 Å². The van der Waals surface area contributed by atoms with Gasteiger partial charge in [-0.1, -0.05) is 31.9 Å². The number of nitrogens with zero attached hydrogens (tertiary/aromatic N) is 1. The van der Waals surface area contributed by atoms with Gasteiger partial charge in [0.2, 0.25) is 5.91 Å². The maximum absolute atomic E-state index is 13.2. The molecule has 3 N–H and O–H groups in total. The zero-order chi connectivity index (χ0) is 17.0. The number of amides is 4. The van der Waals surface area contributed by atoms with Crippen LogP contribution in [0, 0.1) is 5.82 Å². The zero-order valence-electron chi connectivity index (χ0n) is 13.0. The van der Waals surface area contributed by atoms with E-state index in [9.17, 15) is 18.8 Å². The van der Waals surface area contributed by atoms with Crippen molar-refractivity contribution < 1.29 is 18.8 Å². The molecule has 1 fully saturated rings. The lowest BCUT2D eigenvalue weighted by Gasteiger charge is -2.27. The van der Waals surface area contributed by atoms with E-state index in [2.05, 4.69) is 5.32 Å². The van der Waals surface area contributed by atoms with Gasteiger partial charge in [-0.15, -0.1) is 0 Å². The van der Waals surface area contributed by atoms with E-state index in [1.54, 1.807) is 0 Å². The number of carbonyl (C=O) groups excluding carboxylic acids is 3. The molecule has 1 aliphatic heterocycles.